The second kappa shape index (κ2) is 5.54. The number of rotatable bonds is 4. The SMILES string of the molecule is COc1ccc(Nc2cc(Cl)cc3[nH]ccc23)nc1OC. The molecule has 0 unspecified atom stereocenters. The van der Waals surface area contributed by atoms with Gasteiger partial charge in [-0.05, 0) is 30.3 Å². The van der Waals surface area contributed by atoms with Gasteiger partial charge >= 0.3 is 0 Å². The molecular formula is C15H14ClN3O2. The first-order valence-electron chi connectivity index (χ1n) is 6.34. The van der Waals surface area contributed by atoms with E-state index in [1.165, 1.54) is 0 Å². The quantitative estimate of drug-likeness (QED) is 0.765. The smallest absolute Gasteiger partial charge is 0.258 e. The molecule has 108 valence electrons. The fraction of sp³-hybridized carbons (Fsp3) is 0.133. The molecule has 0 amide bonds. The van der Waals surface area contributed by atoms with Crippen molar-refractivity contribution >= 4 is 34.0 Å². The van der Waals surface area contributed by atoms with E-state index >= 15 is 0 Å². The van der Waals surface area contributed by atoms with Gasteiger partial charge in [0.05, 0.1) is 19.9 Å². The molecule has 1 aromatic carbocycles. The van der Waals surface area contributed by atoms with Gasteiger partial charge in [0.1, 0.15) is 5.82 Å². The van der Waals surface area contributed by atoms with Gasteiger partial charge < -0.3 is 19.8 Å². The Morgan fingerprint density at radius 1 is 1.14 bits per heavy atom. The highest BCUT2D eigenvalue weighted by Gasteiger charge is 2.09. The maximum absolute atomic E-state index is 6.13. The number of benzene rings is 1. The van der Waals surface area contributed by atoms with Gasteiger partial charge in [-0.3, -0.25) is 0 Å². The van der Waals surface area contributed by atoms with Gasteiger partial charge in [0.2, 0.25) is 0 Å². The molecule has 21 heavy (non-hydrogen) atoms. The van der Waals surface area contributed by atoms with Gasteiger partial charge in [-0.1, -0.05) is 11.6 Å². The summed E-state index contributed by atoms with van der Waals surface area (Å²) in [6, 6.07) is 9.34. The van der Waals surface area contributed by atoms with Crippen LogP contribution in [0, 0.1) is 0 Å². The largest absolute Gasteiger partial charge is 0.491 e. The monoisotopic (exact) mass is 303 g/mol. The van der Waals surface area contributed by atoms with Crippen molar-refractivity contribution in [3.63, 3.8) is 0 Å². The van der Waals surface area contributed by atoms with E-state index in [-0.39, 0.29) is 0 Å². The molecule has 0 spiro atoms. The minimum atomic E-state index is 0.426. The molecule has 0 radical (unpaired) electrons. The van der Waals surface area contributed by atoms with Crippen LogP contribution in [0.1, 0.15) is 0 Å². The first-order valence-corrected chi connectivity index (χ1v) is 6.71. The van der Waals surface area contributed by atoms with Gasteiger partial charge in [-0.2, -0.15) is 4.98 Å². The van der Waals surface area contributed by atoms with Crippen molar-refractivity contribution < 1.29 is 9.47 Å². The highest BCUT2D eigenvalue weighted by molar-refractivity contribution is 6.31. The Labute approximate surface area is 126 Å². The molecule has 0 aliphatic carbocycles. The summed E-state index contributed by atoms with van der Waals surface area (Å²) in [5.74, 6) is 1.66. The number of hydrogen-bond acceptors (Lipinski definition) is 4. The zero-order valence-electron chi connectivity index (χ0n) is 11.6. The summed E-state index contributed by atoms with van der Waals surface area (Å²) in [6.07, 6.45) is 1.87. The fourth-order valence-electron chi connectivity index (χ4n) is 2.17. The second-order valence-electron chi connectivity index (χ2n) is 4.43. The minimum absolute atomic E-state index is 0.426. The Bertz CT molecular complexity index is 786. The van der Waals surface area contributed by atoms with Gasteiger partial charge in [-0.25, -0.2) is 0 Å². The highest BCUT2D eigenvalue weighted by Crippen LogP contribution is 2.31. The van der Waals surface area contributed by atoms with Crippen LogP contribution in [0.4, 0.5) is 11.5 Å². The van der Waals surface area contributed by atoms with Crippen molar-refractivity contribution in [3.8, 4) is 11.6 Å². The molecule has 5 nitrogen and oxygen atoms in total. The Kier molecular flexibility index (Phi) is 3.58. The third-order valence-electron chi connectivity index (χ3n) is 3.13. The number of methoxy groups -OCH3 is 2. The highest BCUT2D eigenvalue weighted by atomic mass is 35.5. The molecular weight excluding hydrogens is 290 g/mol. The van der Waals surface area contributed by atoms with Crippen LogP contribution in [0.15, 0.2) is 36.5 Å². The van der Waals surface area contributed by atoms with Crippen LogP contribution in [0.25, 0.3) is 10.9 Å². The summed E-state index contributed by atoms with van der Waals surface area (Å²) in [6.45, 7) is 0. The first kappa shape index (κ1) is 13.6. The van der Waals surface area contributed by atoms with Crippen LogP contribution >= 0.6 is 11.6 Å². The molecule has 0 saturated heterocycles. The number of ether oxygens (including phenoxy) is 2. The van der Waals surface area contributed by atoms with Crippen LogP contribution in [-0.4, -0.2) is 24.2 Å². The topological polar surface area (TPSA) is 59.2 Å². The van der Waals surface area contributed by atoms with E-state index in [0.29, 0.717) is 22.5 Å². The van der Waals surface area contributed by atoms with E-state index in [4.69, 9.17) is 21.1 Å². The maximum Gasteiger partial charge on any atom is 0.258 e. The average Bonchev–Trinajstić information content (AvgIpc) is 2.95. The summed E-state index contributed by atoms with van der Waals surface area (Å²) >= 11 is 6.13. The summed E-state index contributed by atoms with van der Waals surface area (Å²) in [7, 11) is 3.13. The number of fused-ring (bicyclic) bond motifs is 1. The lowest BCUT2D eigenvalue weighted by atomic mass is 10.2. The molecule has 0 saturated carbocycles. The lowest BCUT2D eigenvalue weighted by molar-refractivity contribution is 0.343. The molecule has 0 bridgehead atoms. The molecule has 0 fully saturated rings. The number of anilines is 2. The fourth-order valence-corrected chi connectivity index (χ4v) is 2.39. The van der Waals surface area contributed by atoms with E-state index < -0.39 is 0 Å². The predicted molar refractivity (Wildman–Crippen MR) is 83.9 cm³/mol. The number of nitrogens with zero attached hydrogens (tertiary/aromatic N) is 1. The zero-order chi connectivity index (χ0) is 14.8. The van der Waals surface area contributed by atoms with Gasteiger partial charge in [-0.15, -0.1) is 0 Å². The van der Waals surface area contributed by atoms with E-state index in [0.717, 1.165) is 16.6 Å². The maximum atomic E-state index is 6.13. The molecule has 2 heterocycles. The third-order valence-corrected chi connectivity index (χ3v) is 3.35. The predicted octanol–water partition coefficient (Wildman–Crippen LogP) is 3.98. The number of aromatic nitrogens is 2. The Hall–Kier alpha value is -2.40. The number of hydrogen-bond donors (Lipinski definition) is 2. The summed E-state index contributed by atoms with van der Waals surface area (Å²) in [5, 5.41) is 4.93. The van der Waals surface area contributed by atoms with Crippen LogP contribution < -0.4 is 14.8 Å². The van der Waals surface area contributed by atoms with Crippen LogP contribution in [0.3, 0.4) is 0 Å². The zero-order valence-corrected chi connectivity index (χ0v) is 12.4. The number of halogens is 1. The van der Waals surface area contributed by atoms with Crippen molar-refractivity contribution in [3.05, 3.63) is 41.6 Å². The van der Waals surface area contributed by atoms with Gasteiger partial charge in [0.25, 0.3) is 5.88 Å². The first-order chi connectivity index (χ1) is 10.2. The standard InChI is InChI=1S/C15H14ClN3O2/c1-20-13-3-4-14(19-15(13)21-2)18-12-8-9(16)7-11-10(12)5-6-17-11/h3-8,17H,1-2H3,(H,18,19). The number of H-pyrrole nitrogens is 1. The second-order valence-corrected chi connectivity index (χ2v) is 4.86. The van der Waals surface area contributed by atoms with Crippen LogP contribution in [-0.2, 0) is 0 Å². The molecule has 0 aliphatic rings. The van der Waals surface area contributed by atoms with Gasteiger partial charge in [0, 0.05) is 22.1 Å². The summed E-state index contributed by atoms with van der Waals surface area (Å²) < 4.78 is 10.4. The van der Waals surface area contributed by atoms with E-state index in [2.05, 4.69) is 15.3 Å². The number of pyridine rings is 1. The normalized spacial score (nSPS) is 10.6. The van der Waals surface area contributed by atoms with Crippen LogP contribution in [0.2, 0.25) is 5.02 Å². The lowest BCUT2D eigenvalue weighted by Gasteiger charge is -2.11. The van der Waals surface area contributed by atoms with E-state index in [1.807, 2.05) is 30.5 Å². The van der Waals surface area contributed by atoms with Crippen LogP contribution in [0.5, 0.6) is 11.6 Å². The Balaban J connectivity index is 2.00. The number of aromatic amines is 1. The molecule has 3 aromatic rings. The van der Waals surface area contributed by atoms with Crippen molar-refractivity contribution in [1.82, 2.24) is 9.97 Å². The van der Waals surface area contributed by atoms with Crippen molar-refractivity contribution in [2.24, 2.45) is 0 Å². The molecule has 2 N–H and O–H groups in total. The molecule has 6 heteroatoms. The molecule has 0 atom stereocenters. The van der Waals surface area contributed by atoms with Crippen molar-refractivity contribution in [1.29, 1.82) is 0 Å². The lowest BCUT2D eigenvalue weighted by Crippen LogP contribution is -1.98. The summed E-state index contributed by atoms with van der Waals surface area (Å²) in [5.41, 5.74) is 1.84. The van der Waals surface area contributed by atoms with E-state index in [9.17, 15) is 0 Å². The molecule has 2 aromatic heterocycles. The Morgan fingerprint density at radius 2 is 2.00 bits per heavy atom. The van der Waals surface area contributed by atoms with Gasteiger partial charge in [0.15, 0.2) is 5.75 Å². The number of nitrogens with one attached hydrogen (secondary N) is 2. The Morgan fingerprint density at radius 3 is 2.76 bits per heavy atom. The third kappa shape index (κ3) is 2.60. The minimum Gasteiger partial charge on any atom is -0.491 e. The molecule has 3 rings (SSSR count). The average molecular weight is 304 g/mol. The van der Waals surface area contributed by atoms with E-state index in [1.54, 1.807) is 20.3 Å². The summed E-state index contributed by atoms with van der Waals surface area (Å²) in [4.78, 5) is 7.50. The van der Waals surface area contributed by atoms with Crippen molar-refractivity contribution in [2.75, 3.05) is 19.5 Å². The van der Waals surface area contributed by atoms with Crippen molar-refractivity contribution in [2.45, 2.75) is 0 Å². The molecule has 0 aliphatic heterocycles.